The zero-order valence-electron chi connectivity index (χ0n) is 16.3. The van der Waals surface area contributed by atoms with Crippen molar-refractivity contribution in [1.29, 1.82) is 0 Å². The first-order chi connectivity index (χ1) is 14.7. The van der Waals surface area contributed by atoms with E-state index in [-0.39, 0.29) is 5.91 Å². The summed E-state index contributed by atoms with van der Waals surface area (Å²) in [5.74, 6) is 0.191. The van der Waals surface area contributed by atoms with E-state index in [1.807, 2.05) is 6.07 Å². The van der Waals surface area contributed by atoms with Crippen molar-refractivity contribution in [2.45, 2.75) is 13.1 Å². The van der Waals surface area contributed by atoms with Crippen molar-refractivity contribution in [3.05, 3.63) is 64.7 Å². The lowest BCUT2D eigenvalue weighted by molar-refractivity contribution is -0.137. The predicted molar refractivity (Wildman–Crippen MR) is 109 cm³/mol. The number of hydrogen-bond donors (Lipinski definition) is 1. The zero-order chi connectivity index (χ0) is 22.2. The summed E-state index contributed by atoms with van der Waals surface area (Å²) in [6, 6.07) is 11.8. The maximum absolute atomic E-state index is 12.8. The third-order valence-electron chi connectivity index (χ3n) is 4.46. The molecular formula is C20H15F3N6OS. The number of rotatable bonds is 4. The van der Waals surface area contributed by atoms with Crippen LogP contribution in [0, 0.1) is 6.92 Å². The molecule has 0 aliphatic carbocycles. The van der Waals surface area contributed by atoms with Crippen LogP contribution in [-0.4, -0.2) is 31.1 Å². The summed E-state index contributed by atoms with van der Waals surface area (Å²) in [6.45, 7) is 1.68. The number of carbonyl (C=O) groups excluding carboxylic acids is 1. The molecule has 4 rings (SSSR count). The van der Waals surface area contributed by atoms with E-state index in [9.17, 15) is 18.0 Å². The van der Waals surface area contributed by atoms with Crippen molar-refractivity contribution in [3.8, 4) is 22.0 Å². The maximum Gasteiger partial charge on any atom is 0.416 e. The second kappa shape index (κ2) is 7.91. The molecule has 0 saturated carbocycles. The molecule has 0 unspecified atom stereocenters. The highest BCUT2D eigenvalue weighted by Gasteiger charge is 2.30. The Labute approximate surface area is 178 Å². The molecule has 2 aromatic heterocycles. The van der Waals surface area contributed by atoms with Crippen LogP contribution in [0.5, 0.6) is 0 Å². The van der Waals surface area contributed by atoms with Crippen LogP contribution in [-0.2, 0) is 13.2 Å². The van der Waals surface area contributed by atoms with E-state index in [0.29, 0.717) is 32.7 Å². The molecule has 31 heavy (non-hydrogen) atoms. The number of alkyl halides is 3. The average molecular weight is 444 g/mol. The van der Waals surface area contributed by atoms with Crippen molar-refractivity contribution in [1.82, 2.24) is 25.2 Å². The van der Waals surface area contributed by atoms with Crippen LogP contribution in [0.15, 0.2) is 48.5 Å². The highest BCUT2D eigenvalue weighted by Crippen LogP contribution is 2.33. The molecule has 0 saturated heterocycles. The molecule has 4 aromatic rings. The molecule has 0 aliphatic rings. The summed E-state index contributed by atoms with van der Waals surface area (Å²) in [5.41, 5.74) is 1.55. The number of amides is 1. The van der Waals surface area contributed by atoms with Gasteiger partial charge in [-0.25, -0.2) is 9.67 Å². The minimum absolute atomic E-state index is 0.360. The number of thiazole rings is 1. The number of nitrogens with one attached hydrogen (secondary N) is 1. The Morgan fingerprint density at radius 3 is 2.48 bits per heavy atom. The van der Waals surface area contributed by atoms with E-state index in [2.05, 4.69) is 25.8 Å². The van der Waals surface area contributed by atoms with Gasteiger partial charge in [0.15, 0.2) is 5.82 Å². The van der Waals surface area contributed by atoms with Crippen LogP contribution in [0.2, 0.25) is 0 Å². The Hall–Kier alpha value is -3.60. The molecule has 2 aromatic carbocycles. The first kappa shape index (κ1) is 20.7. The van der Waals surface area contributed by atoms with Crippen molar-refractivity contribution in [2.24, 2.45) is 7.05 Å². The summed E-state index contributed by atoms with van der Waals surface area (Å²) in [7, 11) is 1.71. The lowest BCUT2D eigenvalue weighted by Gasteiger charge is -2.06. The number of halogens is 3. The molecule has 0 bridgehead atoms. The zero-order valence-corrected chi connectivity index (χ0v) is 17.1. The molecule has 0 fully saturated rings. The van der Waals surface area contributed by atoms with E-state index < -0.39 is 11.7 Å². The molecule has 0 spiro atoms. The maximum atomic E-state index is 12.8. The van der Waals surface area contributed by atoms with Crippen molar-refractivity contribution in [2.75, 3.05) is 5.32 Å². The second-order valence-corrected chi connectivity index (χ2v) is 7.67. The highest BCUT2D eigenvalue weighted by molar-refractivity contribution is 7.17. The normalized spacial score (nSPS) is 11.5. The molecule has 11 heteroatoms. The molecule has 7 nitrogen and oxygen atoms in total. The van der Waals surface area contributed by atoms with Crippen LogP contribution >= 0.6 is 11.3 Å². The molecule has 0 atom stereocenters. The number of anilines is 1. The number of nitrogens with zero attached hydrogens (tertiary/aromatic N) is 5. The van der Waals surface area contributed by atoms with Crippen molar-refractivity contribution >= 4 is 22.9 Å². The molecule has 0 aliphatic heterocycles. The van der Waals surface area contributed by atoms with Gasteiger partial charge in [0, 0.05) is 23.9 Å². The standard InChI is InChI=1S/C20H15F3N6OS/c1-11-16(31-19(24-11)12-6-8-14(9-7-12)20(21,22)23)18(30)25-15-5-3-4-13(10-15)17-26-27-28-29(17)2/h3-10H,1-2H3,(H,25,30). The molecule has 2 heterocycles. The third kappa shape index (κ3) is 4.31. The number of aromatic nitrogens is 5. The van der Waals surface area contributed by atoms with Crippen LogP contribution in [0.4, 0.5) is 18.9 Å². The van der Waals surface area contributed by atoms with Gasteiger partial charge < -0.3 is 5.32 Å². The third-order valence-corrected chi connectivity index (χ3v) is 5.67. The molecule has 1 amide bonds. The molecule has 1 N–H and O–H groups in total. The fraction of sp³-hybridized carbons (Fsp3) is 0.150. The van der Waals surface area contributed by atoms with Gasteiger partial charge in [-0.15, -0.1) is 16.4 Å². The van der Waals surface area contributed by atoms with Gasteiger partial charge in [0.25, 0.3) is 5.91 Å². The second-order valence-electron chi connectivity index (χ2n) is 6.67. The van der Waals surface area contributed by atoms with Gasteiger partial charge in [-0.2, -0.15) is 13.2 Å². The van der Waals surface area contributed by atoms with E-state index in [0.717, 1.165) is 29.0 Å². The fourth-order valence-corrected chi connectivity index (χ4v) is 3.90. The number of carbonyl (C=O) groups is 1. The number of aryl methyl sites for hydroxylation is 2. The van der Waals surface area contributed by atoms with Gasteiger partial charge in [0.05, 0.1) is 11.3 Å². The summed E-state index contributed by atoms with van der Waals surface area (Å²) in [6.07, 6.45) is -4.40. The highest BCUT2D eigenvalue weighted by atomic mass is 32.1. The topological polar surface area (TPSA) is 85.6 Å². The summed E-state index contributed by atoms with van der Waals surface area (Å²) in [5, 5.41) is 14.6. The van der Waals surface area contributed by atoms with E-state index in [1.54, 1.807) is 32.2 Å². The Morgan fingerprint density at radius 1 is 1.10 bits per heavy atom. The number of hydrogen-bond acceptors (Lipinski definition) is 6. The smallest absolute Gasteiger partial charge is 0.321 e. The number of tetrazole rings is 1. The van der Waals surface area contributed by atoms with Gasteiger partial charge in [0.2, 0.25) is 0 Å². The fourth-order valence-electron chi connectivity index (χ4n) is 2.93. The van der Waals surface area contributed by atoms with Crippen molar-refractivity contribution in [3.63, 3.8) is 0 Å². The summed E-state index contributed by atoms with van der Waals surface area (Å²) < 4.78 is 39.8. The van der Waals surface area contributed by atoms with Crippen LogP contribution in [0.3, 0.4) is 0 Å². The Balaban J connectivity index is 1.55. The number of benzene rings is 2. The first-order valence-corrected chi connectivity index (χ1v) is 9.83. The Morgan fingerprint density at radius 2 is 1.84 bits per heavy atom. The van der Waals surface area contributed by atoms with E-state index in [4.69, 9.17) is 0 Å². The SMILES string of the molecule is Cc1nc(-c2ccc(C(F)(F)F)cc2)sc1C(=O)Nc1cccc(-c2nnnn2C)c1. The monoisotopic (exact) mass is 444 g/mol. The van der Waals surface area contributed by atoms with Gasteiger partial charge in [-0.05, 0) is 41.6 Å². The lowest BCUT2D eigenvalue weighted by Crippen LogP contribution is -2.11. The summed E-state index contributed by atoms with van der Waals surface area (Å²) >= 11 is 1.12. The summed E-state index contributed by atoms with van der Waals surface area (Å²) in [4.78, 5) is 17.5. The minimum Gasteiger partial charge on any atom is -0.321 e. The van der Waals surface area contributed by atoms with Crippen molar-refractivity contribution < 1.29 is 18.0 Å². The molecular weight excluding hydrogens is 429 g/mol. The predicted octanol–water partition coefficient (Wildman–Crippen LogP) is 4.58. The van der Waals surface area contributed by atoms with Gasteiger partial charge in [-0.3, -0.25) is 4.79 Å². The Bertz CT molecular complexity index is 1250. The van der Waals surface area contributed by atoms with Gasteiger partial charge in [-0.1, -0.05) is 24.3 Å². The van der Waals surface area contributed by atoms with Crippen LogP contribution in [0.25, 0.3) is 22.0 Å². The molecule has 0 radical (unpaired) electrons. The van der Waals surface area contributed by atoms with Crippen LogP contribution in [0.1, 0.15) is 20.9 Å². The van der Waals surface area contributed by atoms with E-state index in [1.165, 1.54) is 16.8 Å². The van der Waals surface area contributed by atoms with Crippen LogP contribution < -0.4 is 5.32 Å². The largest absolute Gasteiger partial charge is 0.416 e. The van der Waals surface area contributed by atoms with Gasteiger partial charge in [0.1, 0.15) is 9.88 Å². The molecule has 158 valence electrons. The first-order valence-electron chi connectivity index (χ1n) is 9.01. The van der Waals surface area contributed by atoms with E-state index >= 15 is 0 Å². The minimum atomic E-state index is -4.40. The lowest BCUT2D eigenvalue weighted by atomic mass is 10.1. The average Bonchev–Trinajstić information content (AvgIpc) is 3.33. The Kier molecular flexibility index (Phi) is 5.27. The quantitative estimate of drug-likeness (QED) is 0.498. The van der Waals surface area contributed by atoms with Gasteiger partial charge >= 0.3 is 6.18 Å².